The molecule has 1 aliphatic heterocycles. The molecular formula is C16H24N6. The minimum Gasteiger partial charge on any atom is -0.335 e. The molecule has 0 saturated heterocycles. The fourth-order valence-corrected chi connectivity index (χ4v) is 3.54. The van der Waals surface area contributed by atoms with Crippen LogP contribution < -0.4 is 0 Å². The predicted octanol–water partition coefficient (Wildman–Crippen LogP) is 1.58. The third-order valence-electron chi connectivity index (χ3n) is 4.96. The minimum absolute atomic E-state index is 0.662. The Morgan fingerprint density at radius 2 is 2.14 bits per heavy atom. The van der Waals surface area contributed by atoms with Gasteiger partial charge in [-0.1, -0.05) is 0 Å². The van der Waals surface area contributed by atoms with Crippen molar-refractivity contribution in [1.82, 2.24) is 29.2 Å². The highest BCUT2D eigenvalue weighted by Crippen LogP contribution is 2.38. The van der Waals surface area contributed by atoms with Crippen molar-refractivity contribution >= 4 is 0 Å². The summed E-state index contributed by atoms with van der Waals surface area (Å²) in [6.45, 7) is 3.07. The minimum atomic E-state index is 0.662. The van der Waals surface area contributed by atoms with Gasteiger partial charge in [0.05, 0.1) is 6.54 Å². The van der Waals surface area contributed by atoms with Gasteiger partial charge in [-0.2, -0.15) is 0 Å². The zero-order valence-electron chi connectivity index (χ0n) is 13.4. The molecular weight excluding hydrogens is 276 g/mol. The fraction of sp³-hybridized carbons (Fsp3) is 0.688. The van der Waals surface area contributed by atoms with E-state index in [1.54, 1.807) is 0 Å². The Hall–Kier alpha value is -1.69. The molecule has 2 aromatic heterocycles. The lowest BCUT2D eigenvalue weighted by atomic mass is 9.99. The molecule has 118 valence electrons. The van der Waals surface area contributed by atoms with Crippen LogP contribution in [0.2, 0.25) is 0 Å². The van der Waals surface area contributed by atoms with Gasteiger partial charge in [0.1, 0.15) is 17.5 Å². The van der Waals surface area contributed by atoms with E-state index in [2.05, 4.69) is 49.5 Å². The summed E-state index contributed by atoms with van der Waals surface area (Å²) in [7, 11) is 4.30. The number of imidazole rings is 1. The number of aromatic nitrogens is 5. The van der Waals surface area contributed by atoms with Gasteiger partial charge in [-0.25, -0.2) is 4.98 Å². The zero-order valence-corrected chi connectivity index (χ0v) is 13.4. The van der Waals surface area contributed by atoms with Crippen molar-refractivity contribution in [3.63, 3.8) is 0 Å². The highest BCUT2D eigenvalue weighted by molar-refractivity contribution is 5.07. The van der Waals surface area contributed by atoms with Gasteiger partial charge in [0, 0.05) is 44.9 Å². The topological polar surface area (TPSA) is 51.8 Å². The first-order valence-electron chi connectivity index (χ1n) is 8.27. The molecule has 0 radical (unpaired) electrons. The summed E-state index contributed by atoms with van der Waals surface area (Å²) in [5.41, 5.74) is 0. The Morgan fingerprint density at radius 3 is 2.95 bits per heavy atom. The lowest BCUT2D eigenvalue weighted by Gasteiger charge is -2.27. The highest BCUT2D eigenvalue weighted by Gasteiger charge is 2.29. The van der Waals surface area contributed by atoms with Gasteiger partial charge in [-0.3, -0.25) is 4.90 Å². The van der Waals surface area contributed by atoms with Gasteiger partial charge < -0.3 is 9.13 Å². The molecule has 1 atom stereocenters. The normalized spacial score (nSPS) is 21.3. The summed E-state index contributed by atoms with van der Waals surface area (Å²) in [6.07, 6.45) is 8.90. The van der Waals surface area contributed by atoms with Gasteiger partial charge in [0.2, 0.25) is 0 Å². The number of fused-ring (bicyclic) bond motifs is 1. The maximum absolute atomic E-state index is 4.40. The molecule has 0 unspecified atom stereocenters. The van der Waals surface area contributed by atoms with Crippen molar-refractivity contribution in [2.75, 3.05) is 13.6 Å². The first-order valence-corrected chi connectivity index (χ1v) is 8.27. The molecule has 0 bridgehead atoms. The summed E-state index contributed by atoms with van der Waals surface area (Å²) >= 11 is 0. The molecule has 0 amide bonds. The van der Waals surface area contributed by atoms with Crippen LogP contribution in [0.15, 0.2) is 12.4 Å². The monoisotopic (exact) mass is 300 g/mol. The average molecular weight is 300 g/mol. The van der Waals surface area contributed by atoms with E-state index in [4.69, 9.17) is 0 Å². The van der Waals surface area contributed by atoms with Crippen LogP contribution in [0, 0.1) is 5.92 Å². The Balaban J connectivity index is 1.36. The average Bonchev–Trinajstić information content (AvgIpc) is 3.12. The molecule has 3 heterocycles. The Kier molecular flexibility index (Phi) is 3.48. The van der Waals surface area contributed by atoms with E-state index in [-0.39, 0.29) is 0 Å². The van der Waals surface area contributed by atoms with Crippen molar-refractivity contribution in [1.29, 1.82) is 0 Å². The van der Waals surface area contributed by atoms with Crippen LogP contribution in [0.5, 0.6) is 0 Å². The first-order chi connectivity index (χ1) is 10.7. The second kappa shape index (κ2) is 5.50. The summed E-state index contributed by atoms with van der Waals surface area (Å²) in [5, 5.41) is 8.77. The molecule has 2 aliphatic rings. The SMILES string of the molecule is CN(Cc1nnc(C2CC2)n1C)C[C@@H]1CCc2nccn2C1. The van der Waals surface area contributed by atoms with Crippen LogP contribution in [0.4, 0.5) is 0 Å². The van der Waals surface area contributed by atoms with E-state index in [0.717, 1.165) is 31.9 Å². The number of nitrogens with zero attached hydrogens (tertiary/aromatic N) is 6. The summed E-state index contributed by atoms with van der Waals surface area (Å²) in [5.74, 6) is 4.85. The van der Waals surface area contributed by atoms with Crippen molar-refractivity contribution in [2.45, 2.75) is 44.7 Å². The largest absolute Gasteiger partial charge is 0.335 e. The summed E-state index contributed by atoms with van der Waals surface area (Å²) in [4.78, 5) is 6.78. The second-order valence-corrected chi connectivity index (χ2v) is 6.90. The van der Waals surface area contributed by atoms with Crippen molar-refractivity contribution < 1.29 is 0 Å². The number of aryl methyl sites for hydroxylation is 1. The lowest BCUT2D eigenvalue weighted by Crippen LogP contribution is -2.31. The van der Waals surface area contributed by atoms with Crippen molar-refractivity contribution in [3.8, 4) is 0 Å². The van der Waals surface area contributed by atoms with Gasteiger partial charge >= 0.3 is 0 Å². The Bertz CT molecular complexity index is 653. The van der Waals surface area contributed by atoms with Crippen LogP contribution in [-0.2, 0) is 26.6 Å². The standard InChI is InChI=1S/C16H24N6/c1-20(9-12-3-6-14-17-7-8-22(14)10-12)11-15-18-19-16(21(15)2)13-4-5-13/h7-8,12-13H,3-6,9-11H2,1-2H3/t12-/m0/s1. The Morgan fingerprint density at radius 1 is 1.27 bits per heavy atom. The smallest absolute Gasteiger partial charge is 0.146 e. The third-order valence-corrected chi connectivity index (χ3v) is 4.96. The Labute approximate surface area is 131 Å². The molecule has 0 N–H and O–H groups in total. The van der Waals surface area contributed by atoms with Gasteiger partial charge in [-0.05, 0) is 32.2 Å². The maximum atomic E-state index is 4.40. The molecule has 1 saturated carbocycles. The van der Waals surface area contributed by atoms with Crippen LogP contribution in [0.3, 0.4) is 0 Å². The maximum Gasteiger partial charge on any atom is 0.146 e. The molecule has 2 aromatic rings. The van der Waals surface area contributed by atoms with Crippen LogP contribution >= 0.6 is 0 Å². The van der Waals surface area contributed by atoms with Crippen molar-refractivity contribution in [3.05, 3.63) is 29.9 Å². The lowest BCUT2D eigenvalue weighted by molar-refractivity contribution is 0.223. The molecule has 1 aliphatic carbocycles. The molecule has 6 nitrogen and oxygen atoms in total. The van der Waals surface area contributed by atoms with Gasteiger partial charge in [0.15, 0.2) is 0 Å². The van der Waals surface area contributed by atoms with E-state index in [1.807, 2.05) is 6.20 Å². The predicted molar refractivity (Wildman–Crippen MR) is 83.4 cm³/mol. The molecule has 6 heteroatoms. The number of hydrogen-bond acceptors (Lipinski definition) is 4. The first kappa shape index (κ1) is 13.9. The molecule has 22 heavy (non-hydrogen) atoms. The highest BCUT2D eigenvalue weighted by atomic mass is 15.3. The van der Waals surface area contributed by atoms with E-state index in [9.17, 15) is 0 Å². The van der Waals surface area contributed by atoms with Crippen molar-refractivity contribution in [2.24, 2.45) is 13.0 Å². The third kappa shape index (κ3) is 2.67. The van der Waals surface area contributed by atoms with Crippen LogP contribution in [0.25, 0.3) is 0 Å². The fourth-order valence-electron chi connectivity index (χ4n) is 3.54. The molecule has 1 fully saturated rings. The van der Waals surface area contributed by atoms with Crippen LogP contribution in [-0.4, -0.2) is 42.8 Å². The summed E-state index contributed by atoms with van der Waals surface area (Å²) in [6, 6.07) is 0. The molecule has 4 rings (SSSR count). The number of rotatable bonds is 5. The van der Waals surface area contributed by atoms with E-state index in [0.29, 0.717) is 11.8 Å². The summed E-state index contributed by atoms with van der Waals surface area (Å²) < 4.78 is 4.50. The van der Waals surface area contributed by atoms with E-state index >= 15 is 0 Å². The van der Waals surface area contributed by atoms with Crippen LogP contribution in [0.1, 0.15) is 42.7 Å². The molecule has 0 spiro atoms. The van der Waals surface area contributed by atoms with Gasteiger partial charge in [0.25, 0.3) is 0 Å². The van der Waals surface area contributed by atoms with E-state index in [1.165, 1.54) is 30.9 Å². The van der Waals surface area contributed by atoms with Gasteiger partial charge in [-0.15, -0.1) is 10.2 Å². The second-order valence-electron chi connectivity index (χ2n) is 6.90. The molecule has 0 aromatic carbocycles. The number of hydrogen-bond donors (Lipinski definition) is 0. The van der Waals surface area contributed by atoms with E-state index < -0.39 is 0 Å². The quantitative estimate of drug-likeness (QED) is 0.841. The zero-order chi connectivity index (χ0) is 15.1.